The third-order valence-corrected chi connectivity index (χ3v) is 17.1. The number of guanidine groups is 2. The number of aliphatic imine (C=N–C) groups is 2. The minimum absolute atomic E-state index is 0.00585. The van der Waals surface area contributed by atoms with Crippen molar-refractivity contribution in [2.75, 3.05) is 32.8 Å². The highest BCUT2D eigenvalue weighted by Gasteiger charge is 2.47. The summed E-state index contributed by atoms with van der Waals surface area (Å²) in [6, 6.07) is -1.29. The van der Waals surface area contributed by atoms with Gasteiger partial charge in [-0.3, -0.25) is 53.1 Å². The highest BCUT2D eigenvalue weighted by atomic mass is 16.4. The Hall–Kier alpha value is -7.78. The van der Waals surface area contributed by atoms with E-state index in [2.05, 4.69) is 70.0 Å². The Balaban J connectivity index is 1.53. The molecule has 0 bridgehead atoms. The number of carbonyl (C=O) groups is 10. The van der Waals surface area contributed by atoms with E-state index >= 15 is 0 Å². The van der Waals surface area contributed by atoms with Crippen LogP contribution in [0.4, 0.5) is 0 Å². The molecule has 3 aliphatic carbocycles. The zero-order valence-electron chi connectivity index (χ0n) is 53.9. The summed E-state index contributed by atoms with van der Waals surface area (Å²) in [5, 5.41) is 67.4. The van der Waals surface area contributed by atoms with Gasteiger partial charge in [0.25, 0.3) is 0 Å². The Morgan fingerprint density at radius 1 is 0.538 bits per heavy atom. The fourth-order valence-corrected chi connectivity index (χ4v) is 11.5. The molecular weight excluding hydrogens is 1210 g/mol. The summed E-state index contributed by atoms with van der Waals surface area (Å²) in [4.78, 5) is 147. The second kappa shape index (κ2) is 39.0. The van der Waals surface area contributed by atoms with Gasteiger partial charge in [-0.2, -0.15) is 0 Å². The summed E-state index contributed by atoms with van der Waals surface area (Å²) in [6.07, 6.45) is 4.74. The number of nitrogens with one attached hydrogen (secondary N) is 10. The summed E-state index contributed by atoms with van der Waals surface area (Å²) < 4.78 is 0. The third-order valence-electron chi connectivity index (χ3n) is 17.1. The average Bonchev–Trinajstić information content (AvgIpc) is 1.35. The van der Waals surface area contributed by atoms with E-state index < -0.39 is 137 Å². The summed E-state index contributed by atoms with van der Waals surface area (Å²) in [5.41, 5.74) is 32.1. The van der Waals surface area contributed by atoms with Crippen LogP contribution in [0.1, 0.15) is 167 Å². The first-order valence-electron chi connectivity index (χ1n) is 32.5. The molecule has 0 aliphatic heterocycles. The number of aliphatic carboxylic acids is 1. The van der Waals surface area contributed by atoms with Crippen molar-refractivity contribution in [2.45, 2.75) is 239 Å². The topological polar surface area (TPSA) is 553 Å². The number of carbonyl (C=O) groups excluding carboxylic acids is 9. The van der Waals surface area contributed by atoms with Gasteiger partial charge in [-0.05, 0) is 136 Å². The molecule has 3 fully saturated rings. The lowest BCUT2D eigenvalue weighted by Crippen LogP contribution is -2.68. The number of amides is 9. The standard InChI is InChI=1S/C61H104N18O14/c1-35(48(83)72-42(24-18-32-70-59(66)67)50(85)73-41(22-9-15-29-62)51(86)74-45(34-80)52(87)76-47(37(3)82)55(90)91)71-54(89)46(36(2)81)77-57(93)61(27-13-6-14-28-61)79-53(88)43(23-10-16-30-68-44-33-39(44)38-19-7-4-8-20-38)75-56(92)60(25-11-5-12-26-60)78-49(84)40(63)21-17-31-69-58(64)65/h4,7-8,19-20,35-37,39-47,68,80-82H,5-6,9-18,21-34,62-63H2,1-3H3,(H,71,89)(H,72,83)(H,73,85)(H,74,86)(H,75,92)(H,76,87)(H,77,93)(H,78,84)(H,79,88)(H,90,91)(H4,64,65,69)(H4,66,67,70)/t35-,36+,37+,39+,40-,41-,42-,43-,44-,45-,46-,47-/m0/s1. The van der Waals surface area contributed by atoms with Gasteiger partial charge in [0.1, 0.15) is 47.3 Å². The van der Waals surface area contributed by atoms with Crippen LogP contribution in [-0.4, -0.2) is 202 Å². The molecule has 0 saturated heterocycles. The molecule has 32 nitrogen and oxygen atoms in total. The second-order valence-corrected chi connectivity index (χ2v) is 24.7. The van der Waals surface area contributed by atoms with E-state index in [0.29, 0.717) is 76.3 Å². The van der Waals surface area contributed by atoms with Crippen molar-refractivity contribution in [1.29, 1.82) is 0 Å². The monoisotopic (exact) mass is 1310 g/mol. The van der Waals surface area contributed by atoms with E-state index in [9.17, 15) is 68.4 Å². The van der Waals surface area contributed by atoms with E-state index in [-0.39, 0.29) is 95.8 Å². The number of rotatable bonds is 41. The van der Waals surface area contributed by atoms with Crippen LogP contribution in [0.15, 0.2) is 40.3 Å². The minimum atomic E-state index is -1.79. The molecule has 12 atom stereocenters. The number of carboxylic acid groups (broad SMARTS) is 1. The van der Waals surface area contributed by atoms with Gasteiger partial charge in [0.2, 0.25) is 53.2 Å². The zero-order valence-corrected chi connectivity index (χ0v) is 53.9. The van der Waals surface area contributed by atoms with Crippen molar-refractivity contribution in [3.05, 3.63) is 35.9 Å². The van der Waals surface area contributed by atoms with Crippen LogP contribution in [0.25, 0.3) is 0 Å². The van der Waals surface area contributed by atoms with Crippen LogP contribution in [-0.2, 0) is 47.9 Å². The normalized spacial score (nSPS) is 19.6. The maximum absolute atomic E-state index is 14.9. The largest absolute Gasteiger partial charge is 0.480 e. The van der Waals surface area contributed by atoms with Crippen molar-refractivity contribution in [1.82, 2.24) is 53.2 Å². The first kappa shape index (κ1) is 77.7. The second-order valence-electron chi connectivity index (χ2n) is 24.7. The van der Waals surface area contributed by atoms with Gasteiger partial charge < -0.3 is 108 Å². The van der Waals surface area contributed by atoms with E-state index in [1.165, 1.54) is 19.4 Å². The maximum atomic E-state index is 14.9. The number of aliphatic hydroxyl groups is 3. The quantitative estimate of drug-likeness (QED) is 0.0168. The van der Waals surface area contributed by atoms with Crippen molar-refractivity contribution >= 4 is 71.1 Å². The molecule has 0 aromatic heterocycles. The molecule has 0 radical (unpaired) electrons. The number of nitrogens with two attached hydrogens (primary N) is 6. The molecule has 3 saturated carbocycles. The number of unbranched alkanes of at least 4 members (excludes halogenated alkanes) is 2. The molecule has 3 aliphatic rings. The van der Waals surface area contributed by atoms with Crippen molar-refractivity contribution in [3.63, 3.8) is 0 Å². The highest BCUT2D eigenvalue weighted by Crippen LogP contribution is 2.40. The van der Waals surface area contributed by atoms with Crippen LogP contribution in [0.5, 0.6) is 0 Å². The molecule has 4 rings (SSSR count). The average molecular weight is 1310 g/mol. The molecule has 9 amide bonds. The fraction of sp³-hybridized carbons (Fsp3) is 0.705. The number of hydrogen-bond acceptors (Lipinski definition) is 18. The zero-order chi connectivity index (χ0) is 68.8. The molecule has 1 aromatic rings. The van der Waals surface area contributed by atoms with Gasteiger partial charge in [-0.15, -0.1) is 0 Å². The Labute approximate surface area is 543 Å². The highest BCUT2D eigenvalue weighted by molar-refractivity contribution is 6.00. The molecule has 32 heteroatoms. The Morgan fingerprint density at radius 2 is 1.01 bits per heavy atom. The molecule has 1 aromatic carbocycles. The summed E-state index contributed by atoms with van der Waals surface area (Å²) in [6.45, 7) is 3.68. The molecule has 0 unspecified atom stereocenters. The first-order chi connectivity index (χ1) is 44.2. The number of aliphatic hydroxyl groups excluding tert-OH is 3. The smallest absolute Gasteiger partial charge is 0.328 e. The van der Waals surface area contributed by atoms with Gasteiger partial charge in [-0.1, -0.05) is 68.9 Å². The SMILES string of the molecule is C[C@H](NC(=O)[C@@H](NC(=O)C1(NC(=O)[C@H](CCCCN[C@H]2C[C@@H]2c2ccccc2)NC(=O)C2(NC(=O)[C@@H](N)CCCN=C(N)N)CCCCC2)CCCCC1)[C@@H](C)O)C(=O)N[C@@H](CCCN=C(N)N)C(=O)N[C@@H](CCCCN)C(=O)N[C@@H](CO)C(=O)N[C@H](C(=O)O)[C@@H](C)O. The first-order valence-corrected chi connectivity index (χ1v) is 32.5. The maximum Gasteiger partial charge on any atom is 0.328 e. The van der Waals surface area contributed by atoms with Crippen LogP contribution in [0, 0.1) is 0 Å². The van der Waals surface area contributed by atoms with Crippen LogP contribution < -0.4 is 87.6 Å². The van der Waals surface area contributed by atoms with E-state index in [0.717, 1.165) is 19.8 Å². The van der Waals surface area contributed by atoms with Crippen LogP contribution in [0.3, 0.4) is 0 Å². The van der Waals surface area contributed by atoms with E-state index in [1.54, 1.807) is 0 Å². The Kier molecular flexibility index (Phi) is 32.6. The molecule has 93 heavy (non-hydrogen) atoms. The van der Waals surface area contributed by atoms with E-state index in [1.807, 2.05) is 23.5 Å². The van der Waals surface area contributed by atoms with Gasteiger partial charge in [0.15, 0.2) is 18.0 Å². The number of nitrogens with zero attached hydrogens (tertiary/aromatic N) is 2. The van der Waals surface area contributed by atoms with Crippen molar-refractivity contribution < 1.29 is 68.4 Å². The molecule has 0 heterocycles. The number of carboxylic acids is 1. The lowest BCUT2D eigenvalue weighted by Gasteiger charge is -2.40. The minimum Gasteiger partial charge on any atom is -0.480 e. The predicted octanol–water partition coefficient (Wildman–Crippen LogP) is -4.24. The lowest BCUT2D eigenvalue weighted by molar-refractivity contribution is -0.145. The number of benzene rings is 1. The Morgan fingerprint density at radius 3 is 1.53 bits per heavy atom. The molecule has 26 N–H and O–H groups in total. The molecule has 522 valence electrons. The predicted molar refractivity (Wildman–Crippen MR) is 345 cm³/mol. The van der Waals surface area contributed by atoms with Gasteiger partial charge in [0.05, 0.1) is 24.9 Å². The molecule has 0 spiro atoms. The van der Waals surface area contributed by atoms with Gasteiger partial charge in [-0.25, -0.2) is 4.79 Å². The molecular formula is C61H104N18O14. The summed E-state index contributed by atoms with van der Waals surface area (Å²) in [5.74, 6) is -9.21. The lowest BCUT2D eigenvalue weighted by atomic mass is 9.79. The third kappa shape index (κ3) is 25.6. The fourth-order valence-electron chi connectivity index (χ4n) is 11.5. The van der Waals surface area contributed by atoms with E-state index in [4.69, 9.17) is 34.4 Å². The van der Waals surface area contributed by atoms with Crippen molar-refractivity contribution in [2.24, 2.45) is 44.4 Å². The van der Waals surface area contributed by atoms with Crippen LogP contribution >= 0.6 is 0 Å². The summed E-state index contributed by atoms with van der Waals surface area (Å²) in [7, 11) is 0. The Bertz CT molecular complexity index is 2680. The van der Waals surface area contributed by atoms with Gasteiger partial charge in [0, 0.05) is 25.0 Å². The van der Waals surface area contributed by atoms with Crippen LogP contribution in [0.2, 0.25) is 0 Å². The number of hydrogen-bond donors (Lipinski definition) is 20. The summed E-state index contributed by atoms with van der Waals surface area (Å²) >= 11 is 0. The van der Waals surface area contributed by atoms with Crippen molar-refractivity contribution in [3.8, 4) is 0 Å². The van der Waals surface area contributed by atoms with Gasteiger partial charge >= 0.3 is 5.97 Å².